The summed E-state index contributed by atoms with van der Waals surface area (Å²) < 4.78 is 20.6. The van der Waals surface area contributed by atoms with Crippen molar-refractivity contribution in [2.75, 3.05) is 6.54 Å². The van der Waals surface area contributed by atoms with Crippen molar-refractivity contribution in [3.05, 3.63) is 62.8 Å². The molecule has 2 aromatic rings. The van der Waals surface area contributed by atoms with Gasteiger partial charge < -0.3 is 10.1 Å². The lowest BCUT2D eigenvalue weighted by atomic mass is 10.2. The van der Waals surface area contributed by atoms with Crippen LogP contribution in [-0.4, -0.2) is 6.54 Å². The Kier molecular flexibility index (Phi) is 6.03. The van der Waals surface area contributed by atoms with Crippen LogP contribution in [0.25, 0.3) is 0 Å². The lowest BCUT2D eigenvalue weighted by Crippen LogP contribution is -2.13. The predicted molar refractivity (Wildman–Crippen MR) is 87.3 cm³/mol. The van der Waals surface area contributed by atoms with E-state index in [1.54, 1.807) is 12.1 Å². The Morgan fingerprint density at radius 3 is 2.81 bits per heavy atom. The molecule has 0 aliphatic heterocycles. The normalized spacial score (nSPS) is 10.7. The molecule has 0 aliphatic carbocycles. The van der Waals surface area contributed by atoms with Gasteiger partial charge in [-0.05, 0) is 30.8 Å². The number of halogens is 3. The zero-order valence-corrected chi connectivity index (χ0v) is 14.0. The minimum atomic E-state index is -0.426. The van der Waals surface area contributed by atoms with Gasteiger partial charge in [-0.15, -0.1) is 0 Å². The van der Waals surface area contributed by atoms with Crippen molar-refractivity contribution in [3.8, 4) is 5.75 Å². The molecule has 0 amide bonds. The lowest BCUT2D eigenvalue weighted by Gasteiger charge is -2.13. The maximum absolute atomic E-state index is 13.8. The van der Waals surface area contributed by atoms with Gasteiger partial charge in [0.25, 0.3) is 0 Å². The molecule has 2 rings (SSSR count). The summed E-state index contributed by atoms with van der Waals surface area (Å²) in [5.74, 6) is 0.308. The Hall–Kier alpha value is -1.10. The van der Waals surface area contributed by atoms with E-state index in [0.717, 1.165) is 22.3 Å². The van der Waals surface area contributed by atoms with Gasteiger partial charge in [0, 0.05) is 22.1 Å². The van der Waals surface area contributed by atoms with Crippen LogP contribution in [0.15, 0.2) is 40.9 Å². The van der Waals surface area contributed by atoms with Crippen LogP contribution in [0.5, 0.6) is 5.75 Å². The average molecular weight is 373 g/mol. The molecule has 112 valence electrons. The number of benzene rings is 2. The second-order valence-electron chi connectivity index (χ2n) is 4.53. The van der Waals surface area contributed by atoms with Crippen LogP contribution < -0.4 is 10.1 Å². The largest absolute Gasteiger partial charge is 0.488 e. The smallest absolute Gasteiger partial charge is 0.148 e. The minimum absolute atomic E-state index is 0.111. The zero-order chi connectivity index (χ0) is 15.2. The second kappa shape index (κ2) is 7.78. The standard InChI is InChI=1S/C16H16BrClFNO/c1-2-20-9-12-8-13(17)6-7-15(12)21-10-11-4-3-5-14(18)16(11)19/h3-8,20H,2,9-10H2,1H3. The van der Waals surface area contributed by atoms with E-state index in [4.69, 9.17) is 16.3 Å². The van der Waals surface area contributed by atoms with Crippen LogP contribution in [0, 0.1) is 5.82 Å². The van der Waals surface area contributed by atoms with Gasteiger partial charge in [-0.1, -0.05) is 46.6 Å². The minimum Gasteiger partial charge on any atom is -0.488 e. The Labute approximate surface area is 137 Å². The van der Waals surface area contributed by atoms with Gasteiger partial charge in [-0.2, -0.15) is 0 Å². The first-order valence-corrected chi connectivity index (χ1v) is 7.83. The number of nitrogens with one attached hydrogen (secondary N) is 1. The first kappa shape index (κ1) is 16.3. The molecule has 21 heavy (non-hydrogen) atoms. The fourth-order valence-electron chi connectivity index (χ4n) is 1.90. The van der Waals surface area contributed by atoms with Crippen molar-refractivity contribution in [3.63, 3.8) is 0 Å². The molecule has 2 aromatic carbocycles. The average Bonchev–Trinajstić information content (AvgIpc) is 2.48. The third kappa shape index (κ3) is 4.43. The lowest BCUT2D eigenvalue weighted by molar-refractivity contribution is 0.296. The van der Waals surface area contributed by atoms with E-state index >= 15 is 0 Å². The van der Waals surface area contributed by atoms with Gasteiger partial charge >= 0.3 is 0 Å². The monoisotopic (exact) mass is 371 g/mol. The molecule has 1 N–H and O–H groups in total. The quantitative estimate of drug-likeness (QED) is 0.776. The molecule has 0 fully saturated rings. The van der Waals surface area contributed by atoms with E-state index in [9.17, 15) is 4.39 Å². The maximum atomic E-state index is 13.8. The van der Waals surface area contributed by atoms with Crippen molar-refractivity contribution in [1.29, 1.82) is 0 Å². The topological polar surface area (TPSA) is 21.3 Å². The van der Waals surface area contributed by atoms with E-state index < -0.39 is 5.82 Å². The van der Waals surface area contributed by atoms with E-state index in [-0.39, 0.29) is 11.6 Å². The molecular formula is C16H16BrClFNO. The van der Waals surface area contributed by atoms with Gasteiger partial charge in [-0.25, -0.2) is 4.39 Å². The van der Waals surface area contributed by atoms with Crippen LogP contribution in [0.3, 0.4) is 0 Å². The summed E-state index contributed by atoms with van der Waals surface area (Å²) in [4.78, 5) is 0. The highest BCUT2D eigenvalue weighted by Crippen LogP contribution is 2.25. The molecule has 5 heteroatoms. The molecule has 0 atom stereocenters. The highest BCUT2D eigenvalue weighted by atomic mass is 79.9. The summed E-state index contributed by atoms with van der Waals surface area (Å²) in [6.45, 7) is 3.76. The molecule has 0 unspecified atom stereocenters. The van der Waals surface area contributed by atoms with Gasteiger partial charge in [-0.3, -0.25) is 0 Å². The van der Waals surface area contributed by atoms with E-state index in [0.29, 0.717) is 12.1 Å². The number of hydrogen-bond acceptors (Lipinski definition) is 2. The van der Waals surface area contributed by atoms with Crippen LogP contribution in [0.2, 0.25) is 5.02 Å². The van der Waals surface area contributed by atoms with Gasteiger partial charge in [0.05, 0.1) is 5.02 Å². The molecule has 0 radical (unpaired) electrons. The fourth-order valence-corrected chi connectivity index (χ4v) is 2.50. The highest BCUT2D eigenvalue weighted by Gasteiger charge is 2.09. The third-order valence-electron chi connectivity index (χ3n) is 3.00. The van der Waals surface area contributed by atoms with Crippen molar-refractivity contribution in [1.82, 2.24) is 5.32 Å². The summed E-state index contributed by atoms with van der Waals surface area (Å²) in [5, 5.41) is 3.37. The van der Waals surface area contributed by atoms with Crippen molar-refractivity contribution in [2.45, 2.75) is 20.1 Å². The summed E-state index contributed by atoms with van der Waals surface area (Å²) >= 11 is 9.21. The Morgan fingerprint density at radius 2 is 2.05 bits per heavy atom. The Balaban J connectivity index is 2.14. The summed E-state index contributed by atoms with van der Waals surface area (Å²) in [7, 11) is 0. The van der Waals surface area contributed by atoms with Crippen molar-refractivity contribution in [2.24, 2.45) is 0 Å². The molecule has 0 bridgehead atoms. The van der Waals surface area contributed by atoms with E-state index in [1.165, 1.54) is 6.07 Å². The fraction of sp³-hybridized carbons (Fsp3) is 0.250. The SMILES string of the molecule is CCNCc1cc(Br)ccc1OCc1cccc(Cl)c1F. The van der Waals surface area contributed by atoms with Gasteiger partial charge in [0.1, 0.15) is 18.2 Å². The molecule has 0 saturated heterocycles. The van der Waals surface area contributed by atoms with Gasteiger partial charge in [0.15, 0.2) is 0 Å². The van der Waals surface area contributed by atoms with E-state index in [1.807, 2.05) is 25.1 Å². The number of hydrogen-bond donors (Lipinski definition) is 1. The Bertz CT molecular complexity index is 621. The highest BCUT2D eigenvalue weighted by molar-refractivity contribution is 9.10. The van der Waals surface area contributed by atoms with Crippen LogP contribution in [0.4, 0.5) is 4.39 Å². The van der Waals surface area contributed by atoms with Crippen molar-refractivity contribution >= 4 is 27.5 Å². The van der Waals surface area contributed by atoms with E-state index in [2.05, 4.69) is 21.2 Å². The molecule has 0 heterocycles. The first-order chi connectivity index (χ1) is 10.1. The molecule has 0 aromatic heterocycles. The summed E-state index contributed by atoms with van der Waals surface area (Å²) in [5.41, 5.74) is 1.47. The van der Waals surface area contributed by atoms with Crippen LogP contribution in [-0.2, 0) is 13.2 Å². The zero-order valence-electron chi connectivity index (χ0n) is 11.6. The van der Waals surface area contributed by atoms with Crippen LogP contribution in [0.1, 0.15) is 18.1 Å². The predicted octanol–water partition coefficient (Wildman–Crippen LogP) is 4.93. The van der Waals surface area contributed by atoms with Crippen LogP contribution >= 0.6 is 27.5 Å². The Morgan fingerprint density at radius 1 is 1.24 bits per heavy atom. The third-order valence-corrected chi connectivity index (χ3v) is 3.79. The molecule has 0 aliphatic rings. The van der Waals surface area contributed by atoms with Crippen molar-refractivity contribution < 1.29 is 9.13 Å². The van der Waals surface area contributed by atoms with Gasteiger partial charge in [0.2, 0.25) is 0 Å². The molecule has 0 spiro atoms. The first-order valence-electron chi connectivity index (χ1n) is 6.66. The number of rotatable bonds is 6. The number of ether oxygens (including phenoxy) is 1. The maximum Gasteiger partial charge on any atom is 0.148 e. The second-order valence-corrected chi connectivity index (χ2v) is 5.86. The summed E-state index contributed by atoms with van der Waals surface area (Å²) in [6, 6.07) is 10.7. The summed E-state index contributed by atoms with van der Waals surface area (Å²) in [6.07, 6.45) is 0. The molecular weight excluding hydrogens is 357 g/mol. The molecule has 2 nitrogen and oxygen atoms in total. The molecule has 0 saturated carbocycles.